The smallest absolute Gasteiger partial charge is 0.309 e. The number of nitrogens with zero attached hydrogens (tertiary/aromatic N) is 2. The minimum absolute atomic E-state index is 0.0605. The molecule has 1 aliphatic rings. The van der Waals surface area contributed by atoms with Gasteiger partial charge in [0.1, 0.15) is 16.6 Å². The first-order valence-electron chi connectivity index (χ1n) is 6.04. The van der Waals surface area contributed by atoms with Crippen molar-refractivity contribution in [1.29, 1.82) is 0 Å². The molecule has 1 fully saturated rings. The lowest BCUT2D eigenvalue weighted by molar-refractivity contribution is -0.146. The molecule has 0 radical (unpaired) electrons. The van der Waals surface area contributed by atoms with E-state index in [1.807, 2.05) is 24.3 Å². The van der Waals surface area contributed by atoms with Crippen LogP contribution in [0.25, 0.3) is 0 Å². The first-order valence-corrected chi connectivity index (χ1v) is 7.98. The van der Waals surface area contributed by atoms with Crippen LogP contribution in [-0.4, -0.2) is 15.6 Å². The number of hydrogen-bond acceptors (Lipinski definition) is 5. The molecule has 20 heavy (non-hydrogen) atoms. The minimum Gasteiger partial charge on any atom is -0.459 e. The third-order valence-electron chi connectivity index (χ3n) is 3.23. The molecule has 104 valence electrons. The quantitative estimate of drug-likeness (QED) is 0.765. The largest absolute Gasteiger partial charge is 0.459 e. The van der Waals surface area contributed by atoms with Gasteiger partial charge in [0.05, 0.1) is 5.92 Å². The average molecular weight is 374 g/mol. The predicted octanol–water partition coefficient (Wildman–Crippen LogP) is 3.80. The number of aromatic nitrogens is 2. The number of carbonyl (C=O) groups excluding carboxylic acids is 1. The maximum absolute atomic E-state index is 12.0. The number of benzene rings is 1. The Hall–Kier alpha value is -0.980. The molecule has 2 atom stereocenters. The van der Waals surface area contributed by atoms with Gasteiger partial charge < -0.3 is 4.74 Å². The lowest BCUT2D eigenvalue weighted by Gasteiger charge is -2.03. The second kappa shape index (κ2) is 5.79. The average Bonchev–Trinajstić information content (AvgIpc) is 3.13. The Bertz CT molecular complexity index is 649. The Kier molecular flexibility index (Phi) is 4.05. The van der Waals surface area contributed by atoms with E-state index in [1.54, 1.807) is 0 Å². The second-order valence-corrected chi connectivity index (χ2v) is 6.88. The SMILES string of the molecule is O=C(OCc1nnsc1Cl)[C@@H]1C[C@H]1c1cccc(Br)c1. The third-order valence-corrected chi connectivity index (χ3v) is 4.71. The highest BCUT2D eigenvalue weighted by Gasteiger charge is 2.45. The van der Waals surface area contributed by atoms with Crippen molar-refractivity contribution in [2.24, 2.45) is 5.92 Å². The van der Waals surface area contributed by atoms with Crippen molar-refractivity contribution in [2.75, 3.05) is 0 Å². The van der Waals surface area contributed by atoms with Crippen molar-refractivity contribution in [2.45, 2.75) is 18.9 Å². The Morgan fingerprint density at radius 1 is 1.55 bits per heavy atom. The summed E-state index contributed by atoms with van der Waals surface area (Å²) in [6, 6.07) is 8.01. The fourth-order valence-corrected chi connectivity index (χ4v) is 3.11. The van der Waals surface area contributed by atoms with Gasteiger partial charge in [-0.3, -0.25) is 4.79 Å². The zero-order valence-electron chi connectivity index (χ0n) is 10.3. The highest BCUT2D eigenvalue weighted by molar-refractivity contribution is 9.10. The van der Waals surface area contributed by atoms with Crippen LogP contribution in [0.15, 0.2) is 28.7 Å². The number of ether oxygens (including phenoxy) is 1. The molecule has 0 aliphatic heterocycles. The maximum atomic E-state index is 12.0. The van der Waals surface area contributed by atoms with E-state index in [0.29, 0.717) is 10.0 Å². The van der Waals surface area contributed by atoms with E-state index < -0.39 is 0 Å². The summed E-state index contributed by atoms with van der Waals surface area (Å²) >= 11 is 10.4. The molecule has 1 aliphatic carbocycles. The van der Waals surface area contributed by atoms with E-state index >= 15 is 0 Å². The van der Waals surface area contributed by atoms with Crippen LogP contribution in [0.1, 0.15) is 23.6 Å². The molecule has 3 rings (SSSR count). The van der Waals surface area contributed by atoms with Crippen molar-refractivity contribution in [3.05, 3.63) is 44.3 Å². The molecule has 0 saturated heterocycles. The highest BCUT2D eigenvalue weighted by atomic mass is 79.9. The molecule has 2 aromatic rings. The summed E-state index contributed by atoms with van der Waals surface area (Å²) in [5.74, 6) is -0.00209. The van der Waals surface area contributed by atoms with E-state index in [4.69, 9.17) is 16.3 Å². The summed E-state index contributed by atoms with van der Waals surface area (Å²) in [5.41, 5.74) is 1.68. The number of rotatable bonds is 4. The van der Waals surface area contributed by atoms with Crippen molar-refractivity contribution >= 4 is 45.0 Å². The van der Waals surface area contributed by atoms with Crippen molar-refractivity contribution in [3.8, 4) is 0 Å². The van der Waals surface area contributed by atoms with Gasteiger partial charge in [0, 0.05) is 16.0 Å². The Balaban J connectivity index is 1.56. The van der Waals surface area contributed by atoms with Crippen molar-refractivity contribution < 1.29 is 9.53 Å². The molecule has 0 bridgehead atoms. The Morgan fingerprint density at radius 3 is 3.10 bits per heavy atom. The first-order chi connectivity index (χ1) is 9.65. The van der Waals surface area contributed by atoms with Crippen LogP contribution in [0.3, 0.4) is 0 Å². The zero-order valence-corrected chi connectivity index (χ0v) is 13.4. The van der Waals surface area contributed by atoms with Gasteiger partial charge in [0.15, 0.2) is 0 Å². The molecule has 0 N–H and O–H groups in total. The highest BCUT2D eigenvalue weighted by Crippen LogP contribution is 2.48. The molecule has 0 spiro atoms. The van der Waals surface area contributed by atoms with E-state index in [-0.39, 0.29) is 24.4 Å². The van der Waals surface area contributed by atoms with Crippen LogP contribution in [0.4, 0.5) is 0 Å². The van der Waals surface area contributed by atoms with E-state index in [9.17, 15) is 4.79 Å². The summed E-state index contributed by atoms with van der Waals surface area (Å²) in [7, 11) is 0. The van der Waals surface area contributed by atoms with E-state index in [1.165, 1.54) is 0 Å². The molecular formula is C13H10BrClN2O2S. The summed E-state index contributed by atoms with van der Waals surface area (Å²) in [6.07, 6.45) is 0.832. The third kappa shape index (κ3) is 3.02. The van der Waals surface area contributed by atoms with Gasteiger partial charge in [0.2, 0.25) is 0 Å². The molecule has 7 heteroatoms. The molecule has 1 heterocycles. The Morgan fingerprint density at radius 2 is 2.40 bits per heavy atom. The number of carbonyl (C=O) groups is 1. The maximum Gasteiger partial charge on any atom is 0.309 e. The van der Waals surface area contributed by atoms with Gasteiger partial charge in [-0.15, -0.1) is 5.10 Å². The van der Waals surface area contributed by atoms with Crippen LogP contribution < -0.4 is 0 Å². The topological polar surface area (TPSA) is 52.1 Å². The van der Waals surface area contributed by atoms with Gasteiger partial charge in [-0.25, -0.2) is 0 Å². The standard InChI is InChI=1S/C13H10BrClN2O2S/c14-8-3-1-2-7(4-8)9-5-10(9)13(18)19-6-11-12(15)20-17-16-11/h1-4,9-10H,5-6H2/t9-,10+/m0/s1. The van der Waals surface area contributed by atoms with Gasteiger partial charge in [-0.2, -0.15) is 0 Å². The van der Waals surface area contributed by atoms with Crippen LogP contribution >= 0.6 is 39.1 Å². The van der Waals surface area contributed by atoms with E-state index in [0.717, 1.165) is 28.0 Å². The molecule has 0 unspecified atom stereocenters. The van der Waals surface area contributed by atoms with Crippen LogP contribution in [0, 0.1) is 5.92 Å². The van der Waals surface area contributed by atoms with Gasteiger partial charge in [-0.1, -0.05) is 44.2 Å². The van der Waals surface area contributed by atoms with Gasteiger partial charge in [-0.05, 0) is 30.0 Å². The minimum atomic E-state index is -0.195. The molecule has 4 nitrogen and oxygen atoms in total. The second-order valence-electron chi connectivity index (χ2n) is 4.60. The summed E-state index contributed by atoms with van der Waals surface area (Å²) < 4.78 is 10.4. The van der Waals surface area contributed by atoms with Crippen molar-refractivity contribution in [3.63, 3.8) is 0 Å². The number of halogens is 2. The van der Waals surface area contributed by atoms with Gasteiger partial charge >= 0.3 is 5.97 Å². The number of hydrogen-bond donors (Lipinski definition) is 0. The van der Waals surface area contributed by atoms with Crippen LogP contribution in [0.2, 0.25) is 4.34 Å². The van der Waals surface area contributed by atoms with Crippen molar-refractivity contribution in [1.82, 2.24) is 9.59 Å². The lowest BCUT2D eigenvalue weighted by Crippen LogP contribution is -2.08. The summed E-state index contributed by atoms with van der Waals surface area (Å²) in [4.78, 5) is 12.0. The summed E-state index contributed by atoms with van der Waals surface area (Å²) in [5, 5.41) is 3.81. The molecule has 0 amide bonds. The zero-order chi connectivity index (χ0) is 14.1. The van der Waals surface area contributed by atoms with Crippen LogP contribution in [-0.2, 0) is 16.1 Å². The first kappa shape index (κ1) is 14.0. The Labute approximate surface area is 133 Å². The molecule has 1 aromatic heterocycles. The fraction of sp³-hybridized carbons (Fsp3) is 0.308. The summed E-state index contributed by atoms with van der Waals surface area (Å²) in [6.45, 7) is 0.0931. The van der Waals surface area contributed by atoms with Crippen LogP contribution in [0.5, 0.6) is 0 Å². The monoisotopic (exact) mass is 372 g/mol. The molecular weight excluding hydrogens is 364 g/mol. The fourth-order valence-electron chi connectivity index (χ4n) is 2.09. The predicted molar refractivity (Wildman–Crippen MR) is 79.7 cm³/mol. The lowest BCUT2D eigenvalue weighted by atomic mass is 10.1. The molecule has 1 aromatic carbocycles. The van der Waals surface area contributed by atoms with Gasteiger partial charge in [0.25, 0.3) is 0 Å². The molecule has 1 saturated carbocycles. The number of esters is 1. The van der Waals surface area contributed by atoms with E-state index in [2.05, 4.69) is 25.5 Å². The normalized spacial score (nSPS) is 20.7.